The van der Waals surface area contributed by atoms with Gasteiger partial charge in [0.2, 0.25) is 0 Å². The molecule has 0 spiro atoms. The minimum absolute atomic E-state index is 0.553. The third-order valence-electron chi connectivity index (χ3n) is 1.42. The van der Waals surface area contributed by atoms with Crippen molar-refractivity contribution in [2.75, 3.05) is 0 Å². The van der Waals surface area contributed by atoms with Gasteiger partial charge in [-0.05, 0) is 28.4 Å². The van der Waals surface area contributed by atoms with E-state index in [0.717, 1.165) is 0 Å². The highest BCUT2D eigenvalue weighted by Crippen LogP contribution is 2.23. The largest absolute Gasteiger partial charge is 0.382 e. The van der Waals surface area contributed by atoms with Crippen LogP contribution in [0.5, 0.6) is 0 Å². The fourth-order valence-corrected chi connectivity index (χ4v) is 1.19. The van der Waals surface area contributed by atoms with Gasteiger partial charge in [-0.15, -0.1) is 0 Å². The lowest BCUT2D eigenvalue weighted by atomic mass is 10.1. The van der Waals surface area contributed by atoms with Crippen LogP contribution in [-0.4, -0.2) is 15.1 Å². The maximum Gasteiger partial charge on any atom is 0.118 e. The van der Waals surface area contributed by atoms with E-state index in [1.165, 1.54) is 6.33 Å². The Morgan fingerprint density at radius 3 is 2.92 bits per heavy atom. The minimum Gasteiger partial charge on any atom is -0.382 e. The topological polar surface area (TPSA) is 46.0 Å². The zero-order chi connectivity index (χ0) is 9.14. The average molecular weight is 229 g/mol. The molecule has 0 aromatic carbocycles. The van der Waals surface area contributed by atoms with Crippen molar-refractivity contribution in [3.05, 3.63) is 34.8 Å². The van der Waals surface area contributed by atoms with Crippen molar-refractivity contribution in [2.45, 2.75) is 13.0 Å². The summed E-state index contributed by atoms with van der Waals surface area (Å²) in [6.07, 6.45) is 2.27. The zero-order valence-electron chi connectivity index (χ0n) is 6.66. The van der Waals surface area contributed by atoms with Crippen molar-refractivity contribution in [3.8, 4) is 0 Å². The van der Waals surface area contributed by atoms with Gasteiger partial charge in [0.1, 0.15) is 12.4 Å². The Kier molecular flexibility index (Phi) is 2.94. The summed E-state index contributed by atoms with van der Waals surface area (Å²) in [6.45, 7) is 5.39. The lowest BCUT2D eigenvalue weighted by molar-refractivity contribution is 0.210. The molecule has 1 rings (SSSR count). The fourth-order valence-electron chi connectivity index (χ4n) is 0.757. The van der Waals surface area contributed by atoms with E-state index in [9.17, 15) is 5.11 Å². The first kappa shape index (κ1) is 9.35. The van der Waals surface area contributed by atoms with Crippen LogP contribution in [0.1, 0.15) is 18.7 Å². The molecule has 12 heavy (non-hydrogen) atoms. The SMILES string of the molecule is C=C(C)C(O)c1ncncc1Br. The van der Waals surface area contributed by atoms with Crippen LogP contribution in [0.25, 0.3) is 0 Å². The highest BCUT2D eigenvalue weighted by Gasteiger charge is 2.12. The number of halogens is 1. The zero-order valence-corrected chi connectivity index (χ0v) is 8.24. The molecule has 0 amide bonds. The van der Waals surface area contributed by atoms with Crippen molar-refractivity contribution in [1.82, 2.24) is 9.97 Å². The molecule has 0 aliphatic rings. The first-order chi connectivity index (χ1) is 5.63. The molecule has 0 aliphatic heterocycles. The van der Waals surface area contributed by atoms with Crippen LogP contribution in [0.3, 0.4) is 0 Å². The second-order valence-corrected chi connectivity index (χ2v) is 3.36. The van der Waals surface area contributed by atoms with Gasteiger partial charge in [-0.25, -0.2) is 9.97 Å². The predicted octanol–water partition coefficient (Wildman–Crippen LogP) is 1.85. The van der Waals surface area contributed by atoms with E-state index in [2.05, 4.69) is 32.5 Å². The minimum atomic E-state index is -0.720. The lowest BCUT2D eigenvalue weighted by Gasteiger charge is -2.09. The average Bonchev–Trinajstić information content (AvgIpc) is 2.04. The summed E-state index contributed by atoms with van der Waals surface area (Å²) >= 11 is 3.24. The Hall–Kier alpha value is -0.740. The van der Waals surface area contributed by atoms with Gasteiger partial charge in [-0.1, -0.05) is 6.58 Å². The predicted molar refractivity (Wildman–Crippen MR) is 49.5 cm³/mol. The molecule has 3 nitrogen and oxygen atoms in total. The Morgan fingerprint density at radius 2 is 2.42 bits per heavy atom. The Labute approximate surface area is 79.3 Å². The molecule has 1 heterocycles. The monoisotopic (exact) mass is 228 g/mol. The molecule has 0 aliphatic carbocycles. The summed E-state index contributed by atoms with van der Waals surface area (Å²) in [6, 6.07) is 0. The normalized spacial score (nSPS) is 12.6. The van der Waals surface area contributed by atoms with E-state index in [1.807, 2.05) is 0 Å². The molecule has 0 fully saturated rings. The molecule has 64 valence electrons. The first-order valence-electron chi connectivity index (χ1n) is 3.41. The smallest absolute Gasteiger partial charge is 0.118 e. The molecular weight excluding hydrogens is 220 g/mol. The Balaban J connectivity index is 3.02. The molecule has 1 aromatic heterocycles. The molecule has 1 atom stereocenters. The molecule has 0 radical (unpaired) electrons. The number of hydrogen-bond donors (Lipinski definition) is 1. The van der Waals surface area contributed by atoms with Crippen LogP contribution in [-0.2, 0) is 0 Å². The van der Waals surface area contributed by atoms with E-state index in [0.29, 0.717) is 15.7 Å². The van der Waals surface area contributed by atoms with E-state index in [4.69, 9.17) is 0 Å². The van der Waals surface area contributed by atoms with Gasteiger partial charge in [-0.2, -0.15) is 0 Å². The van der Waals surface area contributed by atoms with Gasteiger partial charge < -0.3 is 5.11 Å². The van der Waals surface area contributed by atoms with E-state index in [-0.39, 0.29) is 0 Å². The van der Waals surface area contributed by atoms with Crippen molar-refractivity contribution in [3.63, 3.8) is 0 Å². The Morgan fingerprint density at radius 1 is 1.75 bits per heavy atom. The van der Waals surface area contributed by atoms with Gasteiger partial charge in [-0.3, -0.25) is 0 Å². The van der Waals surface area contributed by atoms with Crippen molar-refractivity contribution >= 4 is 15.9 Å². The van der Waals surface area contributed by atoms with Crippen molar-refractivity contribution in [1.29, 1.82) is 0 Å². The van der Waals surface area contributed by atoms with Crippen LogP contribution in [0, 0.1) is 0 Å². The number of aliphatic hydroxyl groups is 1. The summed E-state index contributed by atoms with van der Waals surface area (Å²) < 4.78 is 0.695. The second kappa shape index (κ2) is 3.78. The van der Waals surface area contributed by atoms with Crippen molar-refractivity contribution in [2.24, 2.45) is 0 Å². The van der Waals surface area contributed by atoms with Crippen molar-refractivity contribution < 1.29 is 5.11 Å². The molecular formula is C8H9BrN2O. The molecule has 4 heteroatoms. The number of aromatic nitrogens is 2. The summed E-state index contributed by atoms with van der Waals surface area (Å²) in [5.41, 5.74) is 1.21. The molecule has 0 saturated carbocycles. The fraction of sp³-hybridized carbons (Fsp3) is 0.250. The second-order valence-electron chi connectivity index (χ2n) is 2.50. The Bertz CT molecular complexity index is 301. The molecule has 0 bridgehead atoms. The number of hydrogen-bond acceptors (Lipinski definition) is 3. The van der Waals surface area contributed by atoms with Gasteiger partial charge in [0.25, 0.3) is 0 Å². The van der Waals surface area contributed by atoms with Crippen LogP contribution >= 0.6 is 15.9 Å². The number of aliphatic hydroxyl groups excluding tert-OH is 1. The van der Waals surface area contributed by atoms with Crippen LogP contribution in [0.2, 0.25) is 0 Å². The highest BCUT2D eigenvalue weighted by molar-refractivity contribution is 9.10. The molecule has 1 N–H and O–H groups in total. The summed E-state index contributed by atoms with van der Waals surface area (Å²) in [5.74, 6) is 0. The van der Waals surface area contributed by atoms with Crippen LogP contribution < -0.4 is 0 Å². The van der Waals surface area contributed by atoms with Gasteiger partial charge in [0.15, 0.2) is 0 Å². The third kappa shape index (κ3) is 1.89. The van der Waals surface area contributed by atoms with Gasteiger partial charge in [0.05, 0.1) is 10.2 Å². The van der Waals surface area contributed by atoms with Gasteiger partial charge >= 0.3 is 0 Å². The maximum atomic E-state index is 9.56. The third-order valence-corrected chi connectivity index (χ3v) is 2.03. The number of nitrogens with zero attached hydrogens (tertiary/aromatic N) is 2. The summed E-state index contributed by atoms with van der Waals surface area (Å²) in [4.78, 5) is 7.72. The molecule has 0 saturated heterocycles. The summed E-state index contributed by atoms with van der Waals surface area (Å²) in [7, 11) is 0. The number of rotatable bonds is 2. The van der Waals surface area contributed by atoms with E-state index < -0.39 is 6.10 Å². The summed E-state index contributed by atoms with van der Waals surface area (Å²) in [5, 5.41) is 9.56. The first-order valence-corrected chi connectivity index (χ1v) is 4.21. The van der Waals surface area contributed by atoms with Gasteiger partial charge in [0, 0.05) is 6.20 Å². The quantitative estimate of drug-likeness (QED) is 0.787. The standard InChI is InChI=1S/C8H9BrN2O/c1-5(2)8(12)7-6(9)3-10-4-11-7/h3-4,8,12H,1H2,2H3. The molecule has 1 unspecified atom stereocenters. The van der Waals surface area contributed by atoms with E-state index in [1.54, 1.807) is 13.1 Å². The van der Waals surface area contributed by atoms with Crippen LogP contribution in [0.4, 0.5) is 0 Å². The molecule has 1 aromatic rings. The maximum absolute atomic E-state index is 9.56. The lowest BCUT2D eigenvalue weighted by Crippen LogP contribution is -2.02. The van der Waals surface area contributed by atoms with E-state index >= 15 is 0 Å². The highest BCUT2D eigenvalue weighted by atomic mass is 79.9. The van der Waals surface area contributed by atoms with Crippen LogP contribution in [0.15, 0.2) is 29.1 Å².